The smallest absolute Gasteiger partial charge is 0.243 e. The molecule has 0 aliphatic rings. The van der Waals surface area contributed by atoms with Gasteiger partial charge in [0.15, 0.2) is 11.4 Å². The SMILES string of the molecule is Cc1nn(-c2cccc(S(N)(=O)=O)c2)c(O)c1N=Nc1cc(SOON)ccc1O.Cc1nn(-c2cccc(SOON)c2)c(O)c1N=Nc1cc(S(N)(=O)=O)ccc1O.[Cr]. The van der Waals surface area contributed by atoms with Gasteiger partial charge in [-0.05, 0) is 86.6 Å². The van der Waals surface area contributed by atoms with Crippen LogP contribution in [-0.4, -0.2) is 56.8 Å². The van der Waals surface area contributed by atoms with Crippen molar-refractivity contribution in [2.75, 3.05) is 0 Å². The third-order valence-electron chi connectivity index (χ3n) is 7.54. The van der Waals surface area contributed by atoms with Gasteiger partial charge in [0, 0.05) is 27.2 Å². The van der Waals surface area contributed by atoms with E-state index in [4.69, 9.17) is 22.1 Å². The van der Waals surface area contributed by atoms with E-state index in [9.17, 15) is 37.3 Å². The Labute approximate surface area is 364 Å². The molecule has 0 unspecified atom stereocenters. The summed E-state index contributed by atoms with van der Waals surface area (Å²) in [6.07, 6.45) is 0. The van der Waals surface area contributed by atoms with Gasteiger partial charge in [0.25, 0.3) is 0 Å². The summed E-state index contributed by atoms with van der Waals surface area (Å²) in [5.74, 6) is 8.41. The van der Waals surface area contributed by atoms with Crippen LogP contribution < -0.4 is 22.1 Å². The fraction of sp³-hybridized carbons (Fsp3) is 0.0625. The van der Waals surface area contributed by atoms with Crippen LogP contribution in [0.25, 0.3) is 11.4 Å². The van der Waals surface area contributed by atoms with Crippen LogP contribution in [0, 0.1) is 13.8 Å². The van der Waals surface area contributed by atoms with Crippen molar-refractivity contribution >= 4 is 66.9 Å². The zero-order chi connectivity index (χ0) is 43.8. The molecule has 6 aromatic rings. The van der Waals surface area contributed by atoms with Crippen molar-refractivity contribution in [1.29, 1.82) is 0 Å². The molecular weight excluding hydrogens is 925 g/mol. The Morgan fingerprint density at radius 2 is 1.03 bits per heavy atom. The second-order valence-electron chi connectivity index (χ2n) is 11.6. The Morgan fingerprint density at radius 3 is 1.54 bits per heavy atom. The van der Waals surface area contributed by atoms with E-state index >= 15 is 0 Å². The van der Waals surface area contributed by atoms with Gasteiger partial charge in [0.05, 0.1) is 56.6 Å². The molecule has 0 fully saturated rings. The molecule has 2 heterocycles. The molecule has 2 aromatic heterocycles. The standard InChI is InChI=1S/2C16H16N6O6S2.Cr/c1-9-15(20-19-13-8-11(29-28-27-17)5-6-14(13)23)16(24)22(21-9)10-3-2-4-12(7-10)30(18,25)26;1-9-15(20-19-13-8-12(30(18,25)26)5-6-14(13)23)16(24)22(21-9)10-3-2-4-11(7-10)29-28-27-17;/h2*2-8,23-24H,17H2,1H3,(H2,18,25,26);. The summed E-state index contributed by atoms with van der Waals surface area (Å²) in [4.78, 5) is 8.81. The maximum atomic E-state index is 11.6. The number of aryl methyl sites for hydroxylation is 2. The van der Waals surface area contributed by atoms with Gasteiger partial charge in [-0.15, -0.1) is 39.1 Å². The van der Waals surface area contributed by atoms with Crippen molar-refractivity contribution < 1.29 is 73.3 Å². The van der Waals surface area contributed by atoms with E-state index in [1.165, 1.54) is 47.1 Å². The molecule has 0 radical (unpaired) electrons. The van der Waals surface area contributed by atoms with Crippen LogP contribution in [0.5, 0.6) is 23.3 Å². The van der Waals surface area contributed by atoms with E-state index in [2.05, 4.69) is 49.3 Å². The number of nitrogens with two attached hydrogens (primary N) is 4. The molecule has 61 heavy (non-hydrogen) atoms. The summed E-state index contributed by atoms with van der Waals surface area (Å²) in [6.45, 7) is 3.17. The van der Waals surface area contributed by atoms with Gasteiger partial charge in [0.1, 0.15) is 22.9 Å². The first-order chi connectivity index (χ1) is 28.4. The number of primary sulfonamides is 2. The van der Waals surface area contributed by atoms with Crippen molar-refractivity contribution in [3.63, 3.8) is 0 Å². The monoisotopic (exact) mass is 956 g/mol. The summed E-state index contributed by atoms with van der Waals surface area (Å²) >= 11 is 1.65. The topological polar surface area (TPSA) is 375 Å². The van der Waals surface area contributed by atoms with Crippen LogP contribution in [0.4, 0.5) is 22.7 Å². The second-order valence-corrected chi connectivity index (χ2v) is 16.3. The van der Waals surface area contributed by atoms with Crippen molar-refractivity contribution in [3.05, 3.63) is 96.3 Å². The molecule has 0 spiro atoms. The van der Waals surface area contributed by atoms with Gasteiger partial charge < -0.3 is 20.4 Å². The van der Waals surface area contributed by atoms with E-state index in [-0.39, 0.29) is 78.8 Å². The Balaban J connectivity index is 0.000000264. The largest absolute Gasteiger partial charge is 0.506 e. The van der Waals surface area contributed by atoms with Gasteiger partial charge in [-0.1, -0.05) is 12.1 Å². The molecule has 0 saturated carbocycles. The number of benzene rings is 4. The van der Waals surface area contributed by atoms with Crippen LogP contribution in [-0.2, 0) is 56.1 Å². The van der Waals surface area contributed by atoms with Gasteiger partial charge in [-0.3, -0.25) is 0 Å². The summed E-state index contributed by atoms with van der Waals surface area (Å²) < 4.78 is 57.5. The van der Waals surface area contributed by atoms with Crippen LogP contribution >= 0.6 is 24.1 Å². The first-order valence-electron chi connectivity index (χ1n) is 16.1. The number of hydrogen-bond donors (Lipinski definition) is 8. The average Bonchev–Trinajstić information content (AvgIpc) is 3.66. The molecule has 4 aromatic carbocycles. The van der Waals surface area contributed by atoms with E-state index in [1.54, 1.807) is 38.1 Å². The minimum atomic E-state index is -3.99. The Bertz CT molecular complexity index is 2810. The molecule has 0 atom stereocenters. The number of phenolic OH excluding ortho intramolecular Hbond substituents is 2. The molecule has 0 aliphatic heterocycles. The Kier molecular flexibility index (Phi) is 16.5. The number of sulfonamides is 2. The number of rotatable bonds is 14. The number of azo groups is 2. The number of hydrogen-bond acceptors (Lipinski definition) is 22. The van der Waals surface area contributed by atoms with Crippen LogP contribution in [0.2, 0.25) is 0 Å². The average molecular weight is 957 g/mol. The Morgan fingerprint density at radius 1 is 0.590 bits per heavy atom. The quantitative estimate of drug-likeness (QED) is 0.0309. The van der Waals surface area contributed by atoms with Crippen LogP contribution in [0.15, 0.2) is 125 Å². The molecule has 0 amide bonds. The van der Waals surface area contributed by atoms with Gasteiger partial charge in [-0.25, -0.2) is 27.1 Å². The zero-order valence-corrected chi connectivity index (χ0v) is 35.6. The first-order valence-corrected chi connectivity index (χ1v) is 20.7. The van der Waals surface area contributed by atoms with Crippen molar-refractivity contribution in [1.82, 2.24) is 19.6 Å². The minimum Gasteiger partial charge on any atom is -0.506 e. The molecule has 322 valence electrons. The molecular formula is C32H32CrN12O12S4. The van der Waals surface area contributed by atoms with Gasteiger partial charge in [0.2, 0.25) is 31.8 Å². The number of nitrogens with zero attached hydrogens (tertiary/aromatic N) is 8. The minimum absolute atomic E-state index is 0. The third kappa shape index (κ3) is 12.3. The third-order valence-corrected chi connectivity index (χ3v) is 10.5. The van der Waals surface area contributed by atoms with Gasteiger partial charge in [-0.2, -0.15) is 31.4 Å². The maximum absolute atomic E-state index is 11.6. The molecule has 0 bridgehead atoms. The maximum Gasteiger partial charge on any atom is 0.243 e. The van der Waals surface area contributed by atoms with E-state index in [0.29, 0.717) is 26.9 Å². The molecule has 24 nitrogen and oxygen atoms in total. The zero-order valence-electron chi connectivity index (χ0n) is 31.1. The van der Waals surface area contributed by atoms with Crippen LogP contribution in [0.3, 0.4) is 0 Å². The number of aromatic nitrogens is 4. The summed E-state index contributed by atoms with van der Waals surface area (Å²) in [5.41, 5.74) is 1.37. The molecule has 29 heteroatoms. The normalized spacial score (nSPS) is 11.8. The second kappa shape index (κ2) is 20.9. The number of aromatic hydroxyl groups is 4. The van der Waals surface area contributed by atoms with E-state index < -0.39 is 20.0 Å². The van der Waals surface area contributed by atoms with Gasteiger partial charge >= 0.3 is 0 Å². The van der Waals surface area contributed by atoms with Crippen molar-refractivity contribution in [2.24, 2.45) is 42.5 Å². The molecule has 0 saturated heterocycles. The molecule has 0 aliphatic carbocycles. The fourth-order valence-corrected chi connectivity index (χ4v) is 6.70. The predicted octanol–water partition coefficient (Wildman–Crippen LogP) is 4.96. The predicted molar refractivity (Wildman–Crippen MR) is 212 cm³/mol. The Hall–Kier alpha value is -5.49. The van der Waals surface area contributed by atoms with Crippen molar-refractivity contribution in [3.8, 4) is 34.6 Å². The summed E-state index contributed by atoms with van der Waals surface area (Å²) in [7, 11) is -7.92. The molecule has 12 N–H and O–H groups in total. The van der Waals surface area contributed by atoms with E-state index in [0.717, 1.165) is 47.0 Å². The molecule has 6 rings (SSSR count). The fourth-order valence-electron chi connectivity index (χ4n) is 4.79. The number of phenols is 2. The van der Waals surface area contributed by atoms with Crippen molar-refractivity contribution in [2.45, 2.75) is 33.4 Å². The summed E-state index contributed by atoms with van der Waals surface area (Å²) in [6, 6.07) is 20.0. The van der Waals surface area contributed by atoms with E-state index in [1.807, 2.05) is 0 Å². The first kappa shape index (κ1) is 48.2. The summed E-state index contributed by atoms with van der Waals surface area (Å²) in [5, 5.41) is 75.1. The van der Waals surface area contributed by atoms with Crippen LogP contribution in [0.1, 0.15) is 11.4 Å².